The molecule has 1 N–H and O–H groups in total. The summed E-state index contributed by atoms with van der Waals surface area (Å²) in [4.78, 5) is 16.9. The van der Waals surface area contributed by atoms with Gasteiger partial charge in [0.15, 0.2) is 0 Å². The number of aryl methyl sites for hydroxylation is 3. The number of likely N-dealkylation sites (tertiary alicyclic amines) is 1. The zero-order valence-electron chi connectivity index (χ0n) is 28.9. The van der Waals surface area contributed by atoms with Crippen LogP contribution in [0.3, 0.4) is 0 Å². The zero-order chi connectivity index (χ0) is 33.7. The first-order valence-electron chi connectivity index (χ1n) is 17.2. The Morgan fingerprint density at radius 2 is 1.81 bits per heavy atom. The second kappa shape index (κ2) is 12.9. The predicted molar refractivity (Wildman–Crippen MR) is 193 cm³/mol. The van der Waals surface area contributed by atoms with Crippen molar-refractivity contribution in [2.75, 3.05) is 26.2 Å². The Balaban J connectivity index is 1.32. The van der Waals surface area contributed by atoms with Gasteiger partial charge >= 0.3 is 5.97 Å². The first-order valence-corrected chi connectivity index (χ1v) is 17.5. The summed E-state index contributed by atoms with van der Waals surface area (Å²) in [5.74, 6) is 0.559. The maximum atomic E-state index is 14.3. The molecule has 0 unspecified atom stereocenters. The van der Waals surface area contributed by atoms with Crippen LogP contribution in [0.4, 0.5) is 0 Å². The smallest absolute Gasteiger partial charge is 0.355 e. The van der Waals surface area contributed by atoms with E-state index in [0.717, 1.165) is 81.6 Å². The van der Waals surface area contributed by atoms with Crippen LogP contribution in [-0.2, 0) is 24.8 Å². The van der Waals surface area contributed by atoms with E-state index in [-0.39, 0.29) is 5.97 Å². The van der Waals surface area contributed by atoms with Crippen molar-refractivity contribution in [1.29, 1.82) is 0 Å². The normalized spacial score (nSPS) is 18.0. The molecule has 2 atom stereocenters. The highest BCUT2D eigenvalue weighted by molar-refractivity contribution is 6.35. The Hall–Kier alpha value is -3.85. The molecule has 2 aliphatic rings. The molecule has 2 aromatic heterocycles. The van der Waals surface area contributed by atoms with Crippen molar-refractivity contribution in [3.8, 4) is 16.9 Å². The van der Waals surface area contributed by atoms with Crippen LogP contribution in [-0.4, -0.2) is 69.1 Å². The van der Waals surface area contributed by atoms with Crippen LogP contribution in [0.25, 0.3) is 32.8 Å². The summed E-state index contributed by atoms with van der Waals surface area (Å²) in [5.41, 5.74) is 5.77. The third-order valence-electron chi connectivity index (χ3n) is 9.99. The van der Waals surface area contributed by atoms with E-state index in [9.17, 15) is 4.79 Å². The molecule has 0 aliphatic carbocycles. The summed E-state index contributed by atoms with van der Waals surface area (Å²) in [6, 6.07) is 19.5. The molecule has 48 heavy (non-hydrogen) atoms. The van der Waals surface area contributed by atoms with Gasteiger partial charge in [-0.25, -0.2) is 4.79 Å². The van der Waals surface area contributed by atoms with Gasteiger partial charge in [0.05, 0.1) is 22.8 Å². The SMILES string of the molecule is Cc1nn(C)c(C)c1-c1c(Cl)ccc2c(CCCOc3cccc4ccccc34)c(C(=O)OC(C)(C)C)n(CCN3C[C@@H]4C[C@H]3CN4)c12. The highest BCUT2D eigenvalue weighted by Gasteiger charge is 2.38. The molecule has 0 saturated carbocycles. The Bertz CT molecular complexity index is 2000. The minimum atomic E-state index is -0.649. The number of carbonyl (C=O) groups excluding carboxylic acids is 1. The second-order valence-electron chi connectivity index (χ2n) is 14.4. The standard InChI is InChI=1S/C39H46ClN5O3/c1-24-34(25(2)43(6)42-24)35-32(40)17-16-31-30(14-10-20-47-33-15-9-12-26-11-7-8-13-29(26)33)37(38(46)48-39(3,4)5)45(36(31)35)19-18-44-23-27-21-28(44)22-41-27/h7-9,11-13,15-17,27-28,41H,10,14,18-23H2,1-6H3/t27-,28-/m0/s1. The van der Waals surface area contributed by atoms with Crippen LogP contribution < -0.4 is 10.1 Å². The van der Waals surface area contributed by atoms with E-state index in [0.29, 0.717) is 42.4 Å². The lowest BCUT2D eigenvalue weighted by Gasteiger charge is -2.28. The number of hydrogen-bond acceptors (Lipinski definition) is 6. The minimum Gasteiger partial charge on any atom is -0.493 e. The molecule has 2 fully saturated rings. The molecule has 2 aliphatic heterocycles. The van der Waals surface area contributed by atoms with Gasteiger partial charge in [-0.2, -0.15) is 5.10 Å². The number of esters is 1. The van der Waals surface area contributed by atoms with E-state index in [1.807, 2.05) is 69.8 Å². The van der Waals surface area contributed by atoms with Crippen LogP contribution in [0.2, 0.25) is 5.02 Å². The lowest BCUT2D eigenvalue weighted by atomic mass is 9.98. The molecular weight excluding hydrogens is 622 g/mol. The first-order chi connectivity index (χ1) is 23.0. The zero-order valence-corrected chi connectivity index (χ0v) is 29.7. The first kappa shape index (κ1) is 32.7. The molecule has 0 amide bonds. The van der Waals surface area contributed by atoms with Crippen LogP contribution in [0, 0.1) is 13.8 Å². The highest BCUT2D eigenvalue weighted by Crippen LogP contribution is 2.42. The van der Waals surface area contributed by atoms with Gasteiger partial charge in [-0.15, -0.1) is 0 Å². The second-order valence-corrected chi connectivity index (χ2v) is 14.8. The number of fused-ring (bicyclic) bond motifs is 4. The predicted octanol–water partition coefficient (Wildman–Crippen LogP) is 7.48. The van der Waals surface area contributed by atoms with E-state index in [1.165, 1.54) is 6.42 Å². The molecule has 5 aromatic rings. The lowest BCUT2D eigenvalue weighted by Crippen LogP contribution is -2.44. The van der Waals surface area contributed by atoms with Gasteiger partial charge in [0.25, 0.3) is 0 Å². The fraction of sp³-hybridized carbons (Fsp3) is 0.436. The number of nitrogens with one attached hydrogen (secondary N) is 1. The van der Waals surface area contributed by atoms with Crippen molar-refractivity contribution in [2.24, 2.45) is 7.05 Å². The largest absolute Gasteiger partial charge is 0.493 e. The van der Waals surface area contributed by atoms with Crippen molar-refractivity contribution in [2.45, 2.75) is 78.1 Å². The average Bonchev–Trinajstić information content (AvgIpc) is 3.80. The van der Waals surface area contributed by atoms with E-state index >= 15 is 0 Å². The number of halogens is 1. The van der Waals surface area contributed by atoms with Gasteiger partial charge in [-0.3, -0.25) is 9.58 Å². The van der Waals surface area contributed by atoms with Crippen molar-refractivity contribution in [3.63, 3.8) is 0 Å². The molecule has 4 heterocycles. The van der Waals surface area contributed by atoms with Gasteiger partial charge in [-0.1, -0.05) is 54.1 Å². The Labute approximate surface area is 287 Å². The van der Waals surface area contributed by atoms with E-state index in [4.69, 9.17) is 26.2 Å². The van der Waals surface area contributed by atoms with Crippen LogP contribution in [0.5, 0.6) is 5.75 Å². The van der Waals surface area contributed by atoms with Crippen molar-refractivity contribution >= 4 is 39.2 Å². The summed E-state index contributed by atoms with van der Waals surface area (Å²) in [7, 11) is 1.96. The molecule has 9 heteroatoms. The summed E-state index contributed by atoms with van der Waals surface area (Å²) in [6.45, 7) is 13.9. The third kappa shape index (κ3) is 6.10. The summed E-state index contributed by atoms with van der Waals surface area (Å²) >= 11 is 7.13. The highest BCUT2D eigenvalue weighted by atomic mass is 35.5. The van der Waals surface area contributed by atoms with Gasteiger partial charge in [0.1, 0.15) is 17.0 Å². The Morgan fingerprint density at radius 3 is 2.52 bits per heavy atom. The Morgan fingerprint density at radius 1 is 1.02 bits per heavy atom. The van der Waals surface area contributed by atoms with Gasteiger partial charge in [0.2, 0.25) is 0 Å². The number of hydrogen-bond donors (Lipinski definition) is 1. The molecule has 2 bridgehead atoms. The summed E-state index contributed by atoms with van der Waals surface area (Å²) < 4.78 is 16.6. The Kier molecular flexibility index (Phi) is 8.77. The maximum Gasteiger partial charge on any atom is 0.355 e. The number of nitrogens with zero attached hydrogens (tertiary/aromatic N) is 4. The summed E-state index contributed by atoms with van der Waals surface area (Å²) in [6.07, 6.45) is 2.55. The van der Waals surface area contributed by atoms with Gasteiger partial charge in [0, 0.05) is 72.9 Å². The molecule has 252 valence electrons. The number of benzene rings is 3. The molecule has 3 aromatic carbocycles. The number of carbonyl (C=O) groups is 1. The van der Waals surface area contributed by atoms with Crippen molar-refractivity contribution in [3.05, 3.63) is 82.3 Å². The summed E-state index contributed by atoms with van der Waals surface area (Å²) in [5, 5.41) is 12.3. The van der Waals surface area contributed by atoms with Crippen molar-refractivity contribution in [1.82, 2.24) is 24.6 Å². The quantitative estimate of drug-likeness (QED) is 0.123. The topological polar surface area (TPSA) is 73.6 Å². The van der Waals surface area contributed by atoms with E-state index in [1.54, 1.807) is 0 Å². The maximum absolute atomic E-state index is 14.3. The molecule has 8 nitrogen and oxygen atoms in total. The van der Waals surface area contributed by atoms with Gasteiger partial charge < -0.3 is 19.4 Å². The molecular formula is C39H46ClN5O3. The lowest BCUT2D eigenvalue weighted by molar-refractivity contribution is 0.00561. The molecule has 2 saturated heterocycles. The number of piperazine rings is 1. The molecule has 0 spiro atoms. The fourth-order valence-electron chi connectivity index (χ4n) is 7.80. The van der Waals surface area contributed by atoms with Gasteiger partial charge in [-0.05, 0) is 77.0 Å². The average molecular weight is 668 g/mol. The monoisotopic (exact) mass is 667 g/mol. The molecule has 0 radical (unpaired) electrons. The third-order valence-corrected chi connectivity index (χ3v) is 10.3. The van der Waals surface area contributed by atoms with Crippen LogP contribution in [0.1, 0.15) is 61.1 Å². The number of ether oxygens (including phenoxy) is 2. The van der Waals surface area contributed by atoms with E-state index in [2.05, 4.69) is 46.0 Å². The van der Waals surface area contributed by atoms with Crippen LogP contribution in [0.15, 0.2) is 54.6 Å². The van der Waals surface area contributed by atoms with E-state index < -0.39 is 5.60 Å². The fourth-order valence-corrected chi connectivity index (χ4v) is 8.05. The van der Waals surface area contributed by atoms with Crippen molar-refractivity contribution < 1.29 is 14.3 Å². The number of aromatic nitrogens is 3. The number of rotatable bonds is 10. The minimum absolute atomic E-state index is 0.310. The molecule has 7 rings (SSSR count). The van der Waals surface area contributed by atoms with Crippen LogP contribution >= 0.6 is 11.6 Å².